The average molecular weight is 251 g/mol. The zero-order valence-electron chi connectivity index (χ0n) is 12.4. The summed E-state index contributed by atoms with van der Waals surface area (Å²) in [6.07, 6.45) is 10.2. The van der Waals surface area contributed by atoms with Crippen LogP contribution in [0.2, 0.25) is 0 Å². The molecule has 2 aliphatic rings. The van der Waals surface area contributed by atoms with Crippen LogP contribution in [0.3, 0.4) is 0 Å². The maximum absolute atomic E-state index is 12.4. The minimum Gasteiger partial charge on any atom is -0.303 e. The maximum Gasteiger partial charge on any atom is 0.142 e. The lowest BCUT2D eigenvalue weighted by Crippen LogP contribution is -2.44. The van der Waals surface area contributed by atoms with Crippen LogP contribution >= 0.6 is 0 Å². The van der Waals surface area contributed by atoms with Crippen molar-refractivity contribution in [3.05, 3.63) is 0 Å². The predicted molar refractivity (Wildman–Crippen MR) is 75.6 cm³/mol. The molecular weight excluding hydrogens is 222 g/mol. The number of rotatable bonds is 3. The van der Waals surface area contributed by atoms with Crippen molar-refractivity contribution < 1.29 is 4.79 Å². The van der Waals surface area contributed by atoms with Crippen LogP contribution in [0.4, 0.5) is 0 Å². The van der Waals surface area contributed by atoms with Crippen molar-refractivity contribution in [1.29, 1.82) is 0 Å². The second kappa shape index (κ2) is 5.73. The number of nitrogens with zero attached hydrogens (tertiary/aromatic N) is 1. The molecule has 0 spiro atoms. The highest BCUT2D eigenvalue weighted by Crippen LogP contribution is 2.36. The van der Waals surface area contributed by atoms with Gasteiger partial charge in [0.05, 0.1) is 0 Å². The molecule has 0 aromatic heterocycles. The van der Waals surface area contributed by atoms with E-state index in [9.17, 15) is 4.79 Å². The van der Waals surface area contributed by atoms with Gasteiger partial charge < -0.3 is 4.90 Å². The van der Waals surface area contributed by atoms with Gasteiger partial charge in [-0.2, -0.15) is 0 Å². The summed E-state index contributed by atoms with van der Waals surface area (Å²) in [6, 6.07) is 0.733. The molecule has 2 heteroatoms. The fraction of sp³-hybridized carbons (Fsp3) is 0.938. The van der Waals surface area contributed by atoms with E-state index in [4.69, 9.17) is 0 Å². The van der Waals surface area contributed by atoms with Gasteiger partial charge in [-0.1, -0.05) is 39.5 Å². The number of hydrogen-bond acceptors (Lipinski definition) is 2. The van der Waals surface area contributed by atoms with Crippen molar-refractivity contribution in [1.82, 2.24) is 4.90 Å². The lowest BCUT2D eigenvalue weighted by molar-refractivity contribution is -0.135. The topological polar surface area (TPSA) is 20.3 Å². The second-order valence-electron chi connectivity index (χ2n) is 7.07. The monoisotopic (exact) mass is 251 g/mol. The SMILES string of the molecule is CN(CC1CCCC(C)(C)C1=O)C1CCCCC1. The Bertz CT molecular complexity index is 291. The third kappa shape index (κ3) is 3.14. The Kier molecular flexibility index (Phi) is 4.47. The highest BCUT2D eigenvalue weighted by atomic mass is 16.1. The molecule has 0 aromatic rings. The molecule has 0 aromatic carbocycles. The number of hydrogen-bond donors (Lipinski definition) is 0. The lowest BCUT2D eigenvalue weighted by Gasteiger charge is -2.38. The summed E-state index contributed by atoms with van der Waals surface area (Å²) in [7, 11) is 2.23. The summed E-state index contributed by atoms with van der Waals surface area (Å²) in [6.45, 7) is 5.25. The van der Waals surface area contributed by atoms with E-state index < -0.39 is 0 Å². The van der Waals surface area contributed by atoms with E-state index in [1.165, 1.54) is 38.5 Å². The van der Waals surface area contributed by atoms with Crippen LogP contribution in [0.15, 0.2) is 0 Å². The van der Waals surface area contributed by atoms with Crippen LogP contribution < -0.4 is 0 Å². The van der Waals surface area contributed by atoms with E-state index in [1.54, 1.807) is 0 Å². The normalized spacial score (nSPS) is 29.8. The standard InChI is InChI=1S/C16H29NO/c1-16(2)11-7-8-13(15(16)18)12-17(3)14-9-5-4-6-10-14/h13-14H,4-12H2,1-3H3. The smallest absolute Gasteiger partial charge is 0.142 e. The van der Waals surface area contributed by atoms with Gasteiger partial charge in [-0.05, 0) is 32.7 Å². The molecule has 0 heterocycles. The van der Waals surface area contributed by atoms with Gasteiger partial charge in [-0.25, -0.2) is 0 Å². The molecule has 104 valence electrons. The van der Waals surface area contributed by atoms with Crippen molar-refractivity contribution in [2.24, 2.45) is 11.3 Å². The molecule has 0 amide bonds. The summed E-state index contributed by atoms with van der Waals surface area (Å²) in [5.74, 6) is 0.803. The van der Waals surface area contributed by atoms with E-state index in [1.807, 2.05) is 0 Å². The number of carbonyl (C=O) groups is 1. The highest BCUT2D eigenvalue weighted by molar-refractivity contribution is 5.87. The van der Waals surface area contributed by atoms with Gasteiger partial charge in [0.2, 0.25) is 0 Å². The molecule has 0 aliphatic heterocycles. The third-order valence-corrected chi connectivity index (χ3v) is 5.10. The molecular formula is C16H29NO. The first-order chi connectivity index (χ1) is 8.50. The summed E-state index contributed by atoms with van der Waals surface area (Å²) in [4.78, 5) is 14.9. The first kappa shape index (κ1) is 14.0. The zero-order chi connectivity index (χ0) is 13.2. The molecule has 0 saturated heterocycles. The van der Waals surface area contributed by atoms with Crippen LogP contribution in [-0.4, -0.2) is 30.3 Å². The Hall–Kier alpha value is -0.370. The maximum atomic E-state index is 12.4. The van der Waals surface area contributed by atoms with Gasteiger partial charge in [0.15, 0.2) is 0 Å². The van der Waals surface area contributed by atoms with E-state index in [-0.39, 0.29) is 5.41 Å². The summed E-state index contributed by atoms with van der Waals surface area (Å²) < 4.78 is 0. The fourth-order valence-electron chi connectivity index (χ4n) is 3.79. The second-order valence-corrected chi connectivity index (χ2v) is 7.07. The van der Waals surface area contributed by atoms with Crippen molar-refractivity contribution in [2.75, 3.05) is 13.6 Å². The van der Waals surface area contributed by atoms with E-state index in [0.717, 1.165) is 25.4 Å². The molecule has 0 radical (unpaired) electrons. The average Bonchev–Trinajstić information content (AvgIpc) is 2.36. The predicted octanol–water partition coefficient (Wildman–Crippen LogP) is 3.65. The molecule has 2 nitrogen and oxygen atoms in total. The van der Waals surface area contributed by atoms with Crippen LogP contribution in [0.1, 0.15) is 65.2 Å². The Morgan fingerprint density at radius 1 is 1.11 bits per heavy atom. The van der Waals surface area contributed by atoms with E-state index in [0.29, 0.717) is 11.7 Å². The van der Waals surface area contributed by atoms with Crippen LogP contribution in [0.5, 0.6) is 0 Å². The molecule has 18 heavy (non-hydrogen) atoms. The molecule has 0 bridgehead atoms. The van der Waals surface area contributed by atoms with Crippen molar-refractivity contribution in [3.8, 4) is 0 Å². The Morgan fingerprint density at radius 3 is 2.44 bits per heavy atom. The van der Waals surface area contributed by atoms with Gasteiger partial charge in [0.25, 0.3) is 0 Å². The highest BCUT2D eigenvalue weighted by Gasteiger charge is 2.38. The van der Waals surface area contributed by atoms with E-state index >= 15 is 0 Å². The Balaban J connectivity index is 1.89. The van der Waals surface area contributed by atoms with Crippen LogP contribution in [0, 0.1) is 11.3 Å². The number of Topliss-reactive ketones (excluding diaryl/α,β-unsaturated/α-hetero) is 1. The first-order valence-corrected chi connectivity index (χ1v) is 7.75. The fourth-order valence-corrected chi connectivity index (χ4v) is 3.79. The Morgan fingerprint density at radius 2 is 1.78 bits per heavy atom. The number of ketones is 1. The van der Waals surface area contributed by atoms with E-state index in [2.05, 4.69) is 25.8 Å². The first-order valence-electron chi connectivity index (χ1n) is 7.75. The summed E-state index contributed by atoms with van der Waals surface area (Å²) in [5.41, 5.74) is -0.0731. The van der Waals surface area contributed by atoms with Crippen molar-refractivity contribution in [2.45, 2.75) is 71.3 Å². The zero-order valence-corrected chi connectivity index (χ0v) is 12.4. The van der Waals surface area contributed by atoms with Gasteiger partial charge >= 0.3 is 0 Å². The third-order valence-electron chi connectivity index (χ3n) is 5.10. The van der Waals surface area contributed by atoms with Crippen molar-refractivity contribution >= 4 is 5.78 Å². The summed E-state index contributed by atoms with van der Waals surface area (Å²) >= 11 is 0. The Labute approximate surface area is 112 Å². The molecule has 2 fully saturated rings. The van der Waals surface area contributed by atoms with Crippen LogP contribution in [0.25, 0.3) is 0 Å². The minimum atomic E-state index is -0.0731. The molecule has 0 N–H and O–H groups in total. The molecule has 2 saturated carbocycles. The minimum absolute atomic E-state index is 0.0731. The van der Waals surface area contributed by atoms with Gasteiger partial charge in [-0.15, -0.1) is 0 Å². The molecule has 1 atom stereocenters. The number of carbonyl (C=O) groups excluding carboxylic acids is 1. The lowest BCUT2D eigenvalue weighted by atomic mass is 9.71. The molecule has 2 rings (SSSR count). The van der Waals surface area contributed by atoms with Crippen molar-refractivity contribution in [3.63, 3.8) is 0 Å². The molecule has 1 unspecified atom stereocenters. The van der Waals surface area contributed by atoms with Gasteiger partial charge in [0, 0.05) is 23.9 Å². The van der Waals surface area contributed by atoms with Crippen LogP contribution in [-0.2, 0) is 4.79 Å². The largest absolute Gasteiger partial charge is 0.303 e. The quantitative estimate of drug-likeness (QED) is 0.763. The molecule has 2 aliphatic carbocycles. The van der Waals surface area contributed by atoms with Gasteiger partial charge in [-0.3, -0.25) is 4.79 Å². The summed E-state index contributed by atoms with van der Waals surface area (Å²) in [5, 5.41) is 0. The van der Waals surface area contributed by atoms with Gasteiger partial charge in [0.1, 0.15) is 5.78 Å².